The average Bonchev–Trinajstić information content (AvgIpc) is 3.37. The predicted octanol–water partition coefficient (Wildman–Crippen LogP) is 4.98. The second-order valence-electron chi connectivity index (χ2n) is 7.29. The van der Waals surface area contributed by atoms with Crippen LogP contribution in [0.3, 0.4) is 0 Å². The Morgan fingerprint density at radius 2 is 1.82 bits per heavy atom. The normalized spacial score (nSPS) is 17.6. The molecule has 1 fully saturated rings. The molecule has 1 unspecified atom stereocenters. The number of carbonyl (C=O) groups is 2. The number of nitrogens with zero attached hydrogens (tertiary/aromatic N) is 3. The van der Waals surface area contributed by atoms with E-state index in [1.165, 1.54) is 23.3 Å². The fourth-order valence-electron chi connectivity index (χ4n) is 3.78. The van der Waals surface area contributed by atoms with Crippen molar-refractivity contribution in [1.29, 1.82) is 0 Å². The van der Waals surface area contributed by atoms with Crippen LogP contribution in [0.1, 0.15) is 17.2 Å². The number of fused-ring (bicyclic) bond motifs is 1. The van der Waals surface area contributed by atoms with Gasteiger partial charge in [0.2, 0.25) is 0 Å². The van der Waals surface area contributed by atoms with Gasteiger partial charge >= 0.3 is 5.91 Å². The van der Waals surface area contributed by atoms with E-state index in [1.54, 1.807) is 67.0 Å². The number of aliphatic hydroxyl groups is 1. The number of anilines is 1. The molecule has 1 aliphatic rings. The number of amides is 1. The molecule has 2 aromatic carbocycles. The SMILES string of the molecule is COc1ccc(C(O)=C2C(=O)C(=O)N(c3nc4ccc(Cl)cc4s3)C2c2ccncc2)cc1. The molecule has 33 heavy (non-hydrogen) atoms. The van der Waals surface area contributed by atoms with Crippen LogP contribution < -0.4 is 9.64 Å². The van der Waals surface area contributed by atoms with Crippen LogP contribution >= 0.6 is 22.9 Å². The Bertz CT molecular complexity index is 1420. The second kappa shape index (κ2) is 8.31. The van der Waals surface area contributed by atoms with Crippen LogP contribution in [0, 0.1) is 0 Å². The number of benzene rings is 2. The number of pyridine rings is 1. The van der Waals surface area contributed by atoms with Gasteiger partial charge in [0.15, 0.2) is 5.13 Å². The zero-order valence-electron chi connectivity index (χ0n) is 17.2. The van der Waals surface area contributed by atoms with Crippen LogP contribution in [0.25, 0.3) is 16.0 Å². The molecule has 1 saturated heterocycles. The van der Waals surface area contributed by atoms with Gasteiger partial charge in [-0.25, -0.2) is 4.98 Å². The number of aromatic nitrogens is 2. The number of rotatable bonds is 4. The molecule has 3 heterocycles. The fraction of sp³-hybridized carbons (Fsp3) is 0.0833. The Kier molecular flexibility index (Phi) is 5.32. The van der Waals surface area contributed by atoms with Crippen molar-refractivity contribution >= 4 is 55.7 Å². The number of halogens is 1. The summed E-state index contributed by atoms with van der Waals surface area (Å²) in [4.78, 5) is 36.3. The van der Waals surface area contributed by atoms with Crippen molar-refractivity contribution in [2.24, 2.45) is 0 Å². The Morgan fingerprint density at radius 1 is 1.09 bits per heavy atom. The molecule has 5 rings (SSSR count). The van der Waals surface area contributed by atoms with Gasteiger partial charge in [-0.1, -0.05) is 22.9 Å². The lowest BCUT2D eigenvalue weighted by Crippen LogP contribution is -2.29. The lowest BCUT2D eigenvalue weighted by atomic mass is 9.96. The highest BCUT2D eigenvalue weighted by Crippen LogP contribution is 2.44. The molecule has 1 atom stereocenters. The minimum absolute atomic E-state index is 0.0198. The van der Waals surface area contributed by atoms with Crippen LogP contribution in [0.15, 0.2) is 72.6 Å². The predicted molar refractivity (Wildman–Crippen MR) is 127 cm³/mol. The fourth-order valence-corrected chi connectivity index (χ4v) is 5.05. The van der Waals surface area contributed by atoms with Gasteiger partial charge in [-0.2, -0.15) is 0 Å². The number of hydrogen-bond donors (Lipinski definition) is 1. The molecule has 1 aliphatic heterocycles. The molecular formula is C24H16ClN3O4S. The maximum Gasteiger partial charge on any atom is 0.301 e. The van der Waals surface area contributed by atoms with E-state index in [-0.39, 0.29) is 11.3 Å². The zero-order valence-corrected chi connectivity index (χ0v) is 18.8. The van der Waals surface area contributed by atoms with Crippen molar-refractivity contribution in [1.82, 2.24) is 9.97 Å². The van der Waals surface area contributed by atoms with E-state index in [9.17, 15) is 14.7 Å². The third-order valence-electron chi connectivity index (χ3n) is 5.37. The molecule has 164 valence electrons. The van der Waals surface area contributed by atoms with Crippen molar-refractivity contribution in [3.05, 3.63) is 88.7 Å². The smallest absolute Gasteiger partial charge is 0.301 e. The van der Waals surface area contributed by atoms with Crippen molar-refractivity contribution in [2.75, 3.05) is 12.0 Å². The maximum atomic E-state index is 13.2. The number of methoxy groups -OCH3 is 1. The molecule has 7 nitrogen and oxygen atoms in total. The number of aliphatic hydroxyl groups excluding tert-OH is 1. The Balaban J connectivity index is 1.70. The van der Waals surface area contributed by atoms with Crippen molar-refractivity contribution < 1.29 is 19.4 Å². The maximum absolute atomic E-state index is 13.2. The lowest BCUT2D eigenvalue weighted by molar-refractivity contribution is -0.132. The van der Waals surface area contributed by atoms with Crippen molar-refractivity contribution in [3.8, 4) is 5.75 Å². The first-order valence-corrected chi connectivity index (χ1v) is 11.1. The summed E-state index contributed by atoms with van der Waals surface area (Å²) in [5.41, 5.74) is 1.65. The van der Waals surface area contributed by atoms with Crippen molar-refractivity contribution in [2.45, 2.75) is 6.04 Å². The van der Waals surface area contributed by atoms with Gasteiger partial charge in [0.25, 0.3) is 5.78 Å². The van der Waals surface area contributed by atoms with E-state index in [0.29, 0.717) is 32.5 Å². The summed E-state index contributed by atoms with van der Waals surface area (Å²) < 4.78 is 5.95. The summed E-state index contributed by atoms with van der Waals surface area (Å²) in [7, 11) is 1.54. The third-order valence-corrected chi connectivity index (χ3v) is 6.63. The lowest BCUT2D eigenvalue weighted by Gasteiger charge is -2.22. The molecule has 0 spiro atoms. The van der Waals surface area contributed by atoms with Crippen LogP contribution in [0.5, 0.6) is 5.75 Å². The Labute approximate surface area is 197 Å². The molecule has 9 heteroatoms. The topological polar surface area (TPSA) is 92.6 Å². The number of ether oxygens (including phenoxy) is 1. The Hall–Kier alpha value is -3.75. The van der Waals surface area contributed by atoms with Crippen LogP contribution in [-0.4, -0.2) is 33.9 Å². The molecule has 1 amide bonds. The molecule has 2 aromatic heterocycles. The van der Waals surface area contributed by atoms with E-state index in [4.69, 9.17) is 16.3 Å². The van der Waals surface area contributed by atoms with E-state index in [0.717, 1.165) is 4.70 Å². The quantitative estimate of drug-likeness (QED) is 0.253. The monoisotopic (exact) mass is 477 g/mol. The van der Waals surface area contributed by atoms with Crippen LogP contribution in [0.4, 0.5) is 5.13 Å². The highest BCUT2D eigenvalue weighted by atomic mass is 35.5. The summed E-state index contributed by atoms with van der Waals surface area (Å²) in [6.07, 6.45) is 3.14. The van der Waals surface area contributed by atoms with Crippen molar-refractivity contribution in [3.63, 3.8) is 0 Å². The molecule has 0 radical (unpaired) electrons. The molecule has 0 bridgehead atoms. The number of Topliss-reactive ketones (excluding diaryl/α,β-unsaturated/α-hetero) is 1. The number of hydrogen-bond acceptors (Lipinski definition) is 7. The second-order valence-corrected chi connectivity index (χ2v) is 8.73. The van der Waals surface area contributed by atoms with E-state index in [1.807, 2.05) is 0 Å². The minimum atomic E-state index is -0.869. The first kappa shape index (κ1) is 21.1. The van der Waals surface area contributed by atoms with E-state index in [2.05, 4.69) is 9.97 Å². The summed E-state index contributed by atoms with van der Waals surface area (Å²) in [5.74, 6) is -1.23. The van der Waals surface area contributed by atoms with Gasteiger partial charge in [0, 0.05) is 23.0 Å². The van der Waals surface area contributed by atoms with E-state index < -0.39 is 17.7 Å². The number of ketones is 1. The molecule has 0 aliphatic carbocycles. The van der Waals surface area contributed by atoms with E-state index >= 15 is 0 Å². The summed E-state index contributed by atoms with van der Waals surface area (Å²) in [5, 5.41) is 12.0. The first-order valence-electron chi connectivity index (χ1n) is 9.89. The third kappa shape index (κ3) is 3.63. The molecule has 1 N–H and O–H groups in total. The first-order chi connectivity index (χ1) is 16.0. The number of carbonyl (C=O) groups excluding carboxylic acids is 2. The summed E-state index contributed by atoms with van der Waals surface area (Å²) >= 11 is 7.35. The van der Waals surface area contributed by atoms with Crippen LogP contribution in [0.2, 0.25) is 5.02 Å². The molecule has 4 aromatic rings. The largest absolute Gasteiger partial charge is 0.507 e. The van der Waals surface area contributed by atoms with Gasteiger partial charge in [-0.15, -0.1) is 0 Å². The molecule has 0 saturated carbocycles. The zero-order chi connectivity index (χ0) is 23.1. The van der Waals surface area contributed by atoms with Gasteiger partial charge in [0.1, 0.15) is 11.5 Å². The standard InChI is InChI=1S/C24H16ClN3O4S/c1-32-16-5-2-14(3-6-16)21(29)19-20(13-8-10-26-11-9-13)28(23(31)22(19)30)24-27-17-7-4-15(25)12-18(17)33-24/h2-12,20,29H,1H3. The number of thiazole rings is 1. The average molecular weight is 478 g/mol. The molecular weight excluding hydrogens is 462 g/mol. The highest BCUT2D eigenvalue weighted by Gasteiger charge is 2.48. The summed E-state index contributed by atoms with van der Waals surface area (Å²) in [6.45, 7) is 0. The summed E-state index contributed by atoms with van der Waals surface area (Å²) in [6, 6.07) is 14.4. The van der Waals surface area contributed by atoms with Gasteiger partial charge in [-0.05, 0) is 60.2 Å². The van der Waals surface area contributed by atoms with Gasteiger partial charge in [0.05, 0.1) is 28.9 Å². The Morgan fingerprint density at radius 3 is 2.52 bits per heavy atom. The van der Waals surface area contributed by atoms with Crippen LogP contribution in [-0.2, 0) is 9.59 Å². The minimum Gasteiger partial charge on any atom is -0.507 e. The van der Waals surface area contributed by atoms with Gasteiger partial charge < -0.3 is 9.84 Å². The highest BCUT2D eigenvalue weighted by molar-refractivity contribution is 7.22. The van der Waals surface area contributed by atoms with Gasteiger partial charge in [-0.3, -0.25) is 19.5 Å².